The van der Waals surface area contributed by atoms with E-state index in [1.807, 2.05) is 0 Å². The topological polar surface area (TPSA) is 26.0 Å². The van der Waals surface area contributed by atoms with Crippen LogP contribution in [-0.2, 0) is 6.42 Å². The van der Waals surface area contributed by atoms with Gasteiger partial charge in [-0.1, -0.05) is 35.6 Å². The van der Waals surface area contributed by atoms with Gasteiger partial charge in [0.1, 0.15) is 0 Å². The molecule has 0 atom stereocenters. The molecule has 0 spiro atoms. The van der Waals surface area contributed by atoms with Crippen molar-refractivity contribution in [1.29, 1.82) is 0 Å². The normalized spacial score (nSPS) is 9.15. The van der Waals surface area contributed by atoms with Gasteiger partial charge in [-0.05, 0) is 25.0 Å². The molecule has 0 aromatic heterocycles. The molecule has 0 amide bonds. The van der Waals surface area contributed by atoms with E-state index in [-0.39, 0.29) is 0 Å². The molecule has 1 aromatic carbocycles. The van der Waals surface area contributed by atoms with Crippen molar-refractivity contribution in [2.24, 2.45) is 5.73 Å². The minimum absolute atomic E-state index is 0.449. The van der Waals surface area contributed by atoms with Gasteiger partial charge in [0.25, 0.3) is 0 Å². The molecule has 2 N–H and O–H groups in total. The van der Waals surface area contributed by atoms with Crippen LogP contribution in [0.15, 0.2) is 18.2 Å². The van der Waals surface area contributed by atoms with Gasteiger partial charge in [0, 0.05) is 6.42 Å². The van der Waals surface area contributed by atoms with Crippen LogP contribution in [0.3, 0.4) is 0 Å². The van der Waals surface area contributed by atoms with Crippen molar-refractivity contribution >= 4 is 0 Å². The largest absolute Gasteiger partial charge is 0.320 e. The van der Waals surface area contributed by atoms with Crippen molar-refractivity contribution in [3.63, 3.8) is 0 Å². The van der Waals surface area contributed by atoms with Crippen molar-refractivity contribution in [3.05, 3.63) is 34.9 Å². The van der Waals surface area contributed by atoms with E-state index in [1.54, 1.807) is 0 Å². The van der Waals surface area contributed by atoms with Gasteiger partial charge in [-0.2, -0.15) is 0 Å². The second-order valence-corrected chi connectivity index (χ2v) is 3.16. The summed E-state index contributed by atoms with van der Waals surface area (Å²) >= 11 is 0. The first-order valence-corrected chi connectivity index (χ1v) is 4.46. The Hall–Kier alpha value is -1.26. The number of aryl methyl sites for hydroxylation is 2. The first kappa shape index (κ1) is 9.83. The summed E-state index contributed by atoms with van der Waals surface area (Å²) in [4.78, 5) is 0. The maximum absolute atomic E-state index is 5.29. The molecule has 1 aromatic rings. The highest BCUT2D eigenvalue weighted by Gasteiger charge is 1.95. The molecule has 13 heavy (non-hydrogen) atoms. The molecule has 0 saturated heterocycles. The summed E-state index contributed by atoms with van der Waals surface area (Å²) in [7, 11) is 0. The molecule has 0 unspecified atom stereocenters. The monoisotopic (exact) mass is 173 g/mol. The lowest BCUT2D eigenvalue weighted by Gasteiger charge is -2.02. The molecule has 0 aliphatic carbocycles. The smallest absolute Gasteiger partial charge is 0.0551 e. The van der Waals surface area contributed by atoms with Crippen LogP contribution in [0.1, 0.15) is 16.7 Å². The lowest BCUT2D eigenvalue weighted by atomic mass is 10.0. The van der Waals surface area contributed by atoms with Crippen LogP contribution in [0.5, 0.6) is 0 Å². The molecule has 0 aliphatic rings. The van der Waals surface area contributed by atoms with Crippen LogP contribution in [0.25, 0.3) is 0 Å². The summed E-state index contributed by atoms with van der Waals surface area (Å²) in [5.74, 6) is 5.92. The number of hydrogen-bond acceptors (Lipinski definition) is 1. The van der Waals surface area contributed by atoms with Gasteiger partial charge in [-0.25, -0.2) is 0 Å². The number of hydrogen-bond donors (Lipinski definition) is 1. The fourth-order valence-corrected chi connectivity index (χ4v) is 1.22. The van der Waals surface area contributed by atoms with Crippen molar-refractivity contribution < 1.29 is 0 Å². The highest BCUT2D eigenvalue weighted by molar-refractivity contribution is 5.33. The summed E-state index contributed by atoms with van der Waals surface area (Å²) in [6.45, 7) is 4.66. The summed E-state index contributed by atoms with van der Waals surface area (Å²) in [5, 5.41) is 0. The first-order valence-electron chi connectivity index (χ1n) is 4.46. The average Bonchev–Trinajstić information content (AvgIpc) is 2.11. The van der Waals surface area contributed by atoms with Gasteiger partial charge in [0.05, 0.1) is 6.54 Å². The fourth-order valence-electron chi connectivity index (χ4n) is 1.22. The molecular formula is C12H15N. The molecule has 1 heteroatoms. The summed E-state index contributed by atoms with van der Waals surface area (Å²) in [6, 6.07) is 6.44. The number of rotatable bonds is 1. The second kappa shape index (κ2) is 4.69. The van der Waals surface area contributed by atoms with Crippen LogP contribution < -0.4 is 5.73 Å². The van der Waals surface area contributed by atoms with E-state index in [9.17, 15) is 0 Å². The number of nitrogens with two attached hydrogens (primary N) is 1. The van der Waals surface area contributed by atoms with E-state index in [2.05, 4.69) is 43.9 Å². The minimum Gasteiger partial charge on any atom is -0.320 e. The molecule has 1 nitrogen and oxygen atoms in total. The minimum atomic E-state index is 0.449. The summed E-state index contributed by atoms with van der Waals surface area (Å²) in [6.07, 6.45) is 0.810. The molecule has 0 aliphatic heterocycles. The highest BCUT2D eigenvalue weighted by Crippen LogP contribution is 2.10. The van der Waals surface area contributed by atoms with Gasteiger partial charge in [0.15, 0.2) is 0 Å². The second-order valence-electron chi connectivity index (χ2n) is 3.16. The third-order valence-electron chi connectivity index (χ3n) is 2.01. The summed E-state index contributed by atoms with van der Waals surface area (Å²) < 4.78 is 0. The Morgan fingerprint density at radius 2 is 2.00 bits per heavy atom. The maximum atomic E-state index is 5.29. The van der Waals surface area contributed by atoms with Crippen molar-refractivity contribution in [3.8, 4) is 11.8 Å². The number of benzene rings is 1. The van der Waals surface area contributed by atoms with Gasteiger partial charge in [-0.3, -0.25) is 0 Å². The van der Waals surface area contributed by atoms with Gasteiger partial charge >= 0.3 is 0 Å². The van der Waals surface area contributed by atoms with Crippen molar-refractivity contribution in [2.45, 2.75) is 20.3 Å². The summed E-state index contributed by atoms with van der Waals surface area (Å²) in [5.41, 5.74) is 9.18. The maximum Gasteiger partial charge on any atom is 0.0551 e. The van der Waals surface area contributed by atoms with Crippen LogP contribution in [0.4, 0.5) is 0 Å². The zero-order chi connectivity index (χ0) is 9.68. The lowest BCUT2D eigenvalue weighted by molar-refractivity contribution is 1.21. The Labute approximate surface area is 80.0 Å². The zero-order valence-corrected chi connectivity index (χ0v) is 8.22. The third-order valence-corrected chi connectivity index (χ3v) is 2.01. The Balaban J connectivity index is 2.81. The predicted octanol–water partition coefficient (Wildman–Crippen LogP) is 1.81. The van der Waals surface area contributed by atoms with E-state index >= 15 is 0 Å². The molecule has 0 bridgehead atoms. The quantitative estimate of drug-likeness (QED) is 0.644. The van der Waals surface area contributed by atoms with E-state index in [1.165, 1.54) is 16.7 Å². The molecular weight excluding hydrogens is 158 g/mol. The van der Waals surface area contributed by atoms with Crippen LogP contribution in [0, 0.1) is 25.7 Å². The van der Waals surface area contributed by atoms with Crippen molar-refractivity contribution in [1.82, 2.24) is 0 Å². The SMILES string of the molecule is Cc1ccc(C)c(CC#CCN)c1. The van der Waals surface area contributed by atoms with E-state index in [0.29, 0.717) is 6.54 Å². The Morgan fingerprint density at radius 1 is 1.23 bits per heavy atom. The van der Waals surface area contributed by atoms with Crippen LogP contribution in [-0.4, -0.2) is 6.54 Å². The standard InChI is InChI=1S/C12H15N/c1-10-6-7-11(2)12(9-10)5-3-4-8-13/h6-7,9H,5,8,13H2,1-2H3. The van der Waals surface area contributed by atoms with E-state index in [4.69, 9.17) is 5.73 Å². The molecule has 0 saturated carbocycles. The lowest BCUT2D eigenvalue weighted by Crippen LogP contribution is -1.94. The molecule has 0 radical (unpaired) electrons. The molecule has 0 fully saturated rings. The molecule has 0 heterocycles. The Morgan fingerprint density at radius 3 is 2.69 bits per heavy atom. The van der Waals surface area contributed by atoms with Crippen molar-refractivity contribution in [2.75, 3.05) is 6.54 Å². The zero-order valence-electron chi connectivity index (χ0n) is 8.22. The first-order chi connectivity index (χ1) is 6.24. The highest BCUT2D eigenvalue weighted by atomic mass is 14.5. The average molecular weight is 173 g/mol. The van der Waals surface area contributed by atoms with E-state index in [0.717, 1.165) is 6.42 Å². The van der Waals surface area contributed by atoms with Gasteiger partial charge < -0.3 is 5.73 Å². The van der Waals surface area contributed by atoms with Gasteiger partial charge in [0.2, 0.25) is 0 Å². The Bertz CT molecular complexity index is 342. The third kappa shape index (κ3) is 2.93. The molecule has 1 rings (SSSR count). The van der Waals surface area contributed by atoms with Gasteiger partial charge in [-0.15, -0.1) is 0 Å². The Kier molecular flexibility index (Phi) is 3.54. The predicted molar refractivity (Wildman–Crippen MR) is 56.5 cm³/mol. The fraction of sp³-hybridized carbons (Fsp3) is 0.333. The van der Waals surface area contributed by atoms with Crippen LogP contribution >= 0.6 is 0 Å². The molecule has 68 valence electrons. The van der Waals surface area contributed by atoms with E-state index < -0.39 is 0 Å². The van der Waals surface area contributed by atoms with Crippen LogP contribution in [0.2, 0.25) is 0 Å².